The van der Waals surface area contributed by atoms with Crippen LogP contribution >= 0.6 is 0 Å². The highest BCUT2D eigenvalue weighted by atomic mass is 16.3. The van der Waals surface area contributed by atoms with Crippen LogP contribution in [-0.4, -0.2) is 0 Å². The van der Waals surface area contributed by atoms with Crippen molar-refractivity contribution in [2.24, 2.45) is 0 Å². The first kappa shape index (κ1) is 19.6. The fraction of sp³-hybridized carbons (Fsp3) is 0. The molecular formula is C52H35NO. The zero-order valence-electron chi connectivity index (χ0n) is 43.4. The molecule has 0 aliphatic carbocycles. The van der Waals surface area contributed by atoms with Gasteiger partial charge in [-0.3, -0.25) is 0 Å². The normalized spacial score (nSPS) is 15.2. The SMILES string of the molecule is [2H]c1c([2H])c([2H])c(-c2c([2H])c([2H])c3c([2H])c([2H])c(-c4c([2H])c([2H])c(N(c5ccc(-c6ccccc6)c(-c6ccccc6)c5)c5ccc6oc7ccccc7c6c5)c([2H])c4[2H])c([2H])c3c2[2H])c([2H])c1[2H]. The molecule has 0 spiro atoms. The maximum atomic E-state index is 9.72. The van der Waals surface area contributed by atoms with Gasteiger partial charge in [0.25, 0.3) is 0 Å². The van der Waals surface area contributed by atoms with Gasteiger partial charge < -0.3 is 9.32 Å². The van der Waals surface area contributed by atoms with Gasteiger partial charge in [0.2, 0.25) is 0 Å². The largest absolute Gasteiger partial charge is 0.456 e. The third-order valence-corrected chi connectivity index (χ3v) is 9.26. The number of hydrogen-bond acceptors (Lipinski definition) is 2. The Morgan fingerprint density at radius 3 is 1.67 bits per heavy atom. The van der Waals surface area contributed by atoms with Gasteiger partial charge in [0.1, 0.15) is 11.2 Å². The molecule has 10 rings (SSSR count). The predicted molar refractivity (Wildman–Crippen MR) is 228 cm³/mol. The highest BCUT2D eigenvalue weighted by Crippen LogP contribution is 2.43. The van der Waals surface area contributed by atoms with Crippen LogP contribution in [0.1, 0.15) is 20.6 Å². The molecule has 1 heterocycles. The van der Waals surface area contributed by atoms with E-state index in [4.69, 9.17) is 15.4 Å². The average molecular weight is 705 g/mol. The van der Waals surface area contributed by atoms with E-state index in [1.165, 1.54) is 0 Å². The molecular weight excluding hydrogens is 655 g/mol. The van der Waals surface area contributed by atoms with Crippen LogP contribution in [0.15, 0.2) is 216 Å². The summed E-state index contributed by atoms with van der Waals surface area (Å²) in [6.07, 6.45) is 0. The van der Waals surface area contributed by atoms with E-state index in [1.807, 2.05) is 109 Å². The maximum absolute atomic E-state index is 9.72. The fourth-order valence-corrected chi connectivity index (χ4v) is 6.70. The van der Waals surface area contributed by atoms with E-state index in [0.717, 1.165) is 33.0 Å². The number of benzene rings is 9. The molecule has 0 aliphatic heterocycles. The highest BCUT2D eigenvalue weighted by Gasteiger charge is 2.18. The van der Waals surface area contributed by atoms with Crippen molar-refractivity contribution < 1.29 is 25.0 Å². The predicted octanol–water partition coefficient (Wildman–Crippen LogP) is 14.9. The molecule has 0 atom stereocenters. The van der Waals surface area contributed by atoms with Gasteiger partial charge in [-0.1, -0.05) is 151 Å². The Bertz CT molecular complexity index is 3740. The summed E-state index contributed by atoms with van der Waals surface area (Å²) in [5.41, 5.74) is 3.18. The van der Waals surface area contributed by atoms with Gasteiger partial charge in [0.15, 0.2) is 0 Å². The highest BCUT2D eigenvalue weighted by molar-refractivity contribution is 6.06. The molecule has 0 N–H and O–H groups in total. The van der Waals surface area contributed by atoms with Crippen LogP contribution in [0.3, 0.4) is 0 Å². The molecule has 0 aliphatic rings. The number of fused-ring (bicyclic) bond motifs is 4. The van der Waals surface area contributed by atoms with Crippen LogP contribution < -0.4 is 4.90 Å². The lowest BCUT2D eigenvalue weighted by Gasteiger charge is -2.27. The number of rotatable bonds is 7. The third-order valence-electron chi connectivity index (χ3n) is 9.26. The van der Waals surface area contributed by atoms with Crippen molar-refractivity contribution in [2.75, 3.05) is 4.90 Å². The number of para-hydroxylation sites is 1. The Hall–Kier alpha value is -7.16. The number of nitrogens with zero attached hydrogens (tertiary/aromatic N) is 1. The molecule has 0 bridgehead atoms. The van der Waals surface area contributed by atoms with E-state index < -0.39 is 124 Å². The van der Waals surface area contributed by atoms with E-state index in [1.54, 1.807) is 17.0 Å². The van der Waals surface area contributed by atoms with Crippen molar-refractivity contribution in [3.05, 3.63) is 212 Å². The van der Waals surface area contributed by atoms with E-state index in [-0.39, 0.29) is 5.69 Å². The summed E-state index contributed by atoms with van der Waals surface area (Å²) in [4.78, 5) is 1.61. The Balaban J connectivity index is 1.25. The summed E-state index contributed by atoms with van der Waals surface area (Å²) < 4.78 is 141. The second-order valence-corrected chi connectivity index (χ2v) is 12.5. The van der Waals surface area contributed by atoms with E-state index in [0.29, 0.717) is 22.5 Å². The molecule has 254 valence electrons. The lowest BCUT2D eigenvalue weighted by Crippen LogP contribution is -2.10. The third kappa shape index (κ3) is 5.81. The van der Waals surface area contributed by atoms with Crippen LogP contribution in [0, 0.1) is 0 Å². The summed E-state index contributed by atoms with van der Waals surface area (Å²) in [7, 11) is 0. The average Bonchev–Trinajstić information content (AvgIpc) is 3.74. The van der Waals surface area contributed by atoms with Gasteiger partial charge in [0.05, 0.1) is 20.6 Å². The Kier molecular flexibility index (Phi) is 4.88. The molecule has 0 saturated heterocycles. The maximum Gasteiger partial charge on any atom is 0.135 e. The molecule has 0 unspecified atom stereocenters. The lowest BCUT2D eigenvalue weighted by atomic mass is 9.93. The second kappa shape index (κ2) is 13.4. The smallest absolute Gasteiger partial charge is 0.135 e. The van der Waals surface area contributed by atoms with Crippen molar-refractivity contribution in [3.8, 4) is 44.5 Å². The molecule has 0 radical (unpaired) electrons. The molecule has 54 heavy (non-hydrogen) atoms. The van der Waals surface area contributed by atoms with Crippen LogP contribution in [-0.2, 0) is 0 Å². The zero-order valence-corrected chi connectivity index (χ0v) is 28.4. The van der Waals surface area contributed by atoms with E-state index in [9.17, 15) is 9.60 Å². The molecule has 2 nitrogen and oxygen atoms in total. The Labute approximate surface area is 335 Å². The summed E-state index contributed by atoms with van der Waals surface area (Å²) in [6, 6.07) is 27.2. The van der Waals surface area contributed by atoms with Crippen molar-refractivity contribution in [1.29, 1.82) is 0 Å². The molecule has 2 heteroatoms. The van der Waals surface area contributed by atoms with Crippen LogP contribution in [0.25, 0.3) is 77.2 Å². The van der Waals surface area contributed by atoms with Gasteiger partial charge in [-0.25, -0.2) is 0 Å². The summed E-state index contributed by atoms with van der Waals surface area (Å²) in [6.45, 7) is 0. The molecule has 0 fully saturated rings. The van der Waals surface area contributed by atoms with Crippen molar-refractivity contribution in [2.45, 2.75) is 0 Å². The van der Waals surface area contributed by atoms with Gasteiger partial charge in [-0.15, -0.1) is 0 Å². The minimum Gasteiger partial charge on any atom is -0.456 e. The number of hydrogen-bond donors (Lipinski definition) is 0. The van der Waals surface area contributed by atoms with Crippen molar-refractivity contribution >= 4 is 49.8 Å². The van der Waals surface area contributed by atoms with Crippen molar-refractivity contribution in [3.63, 3.8) is 0 Å². The van der Waals surface area contributed by atoms with Gasteiger partial charge in [-0.05, 0) is 116 Å². The molecule has 0 saturated carbocycles. The topological polar surface area (TPSA) is 16.4 Å². The second-order valence-electron chi connectivity index (χ2n) is 12.5. The molecule has 0 amide bonds. The van der Waals surface area contributed by atoms with Gasteiger partial charge in [0, 0.05) is 27.8 Å². The Morgan fingerprint density at radius 2 is 0.944 bits per heavy atom. The minimum absolute atomic E-state index is 0.186. The van der Waals surface area contributed by atoms with Gasteiger partial charge >= 0.3 is 0 Å². The monoisotopic (exact) mass is 704 g/mol. The summed E-state index contributed by atoms with van der Waals surface area (Å²) in [5, 5.41) is 0.538. The zero-order chi connectivity index (χ0) is 48.9. The molecule has 10 aromatic rings. The first-order chi connectivity index (χ1) is 33.0. The summed E-state index contributed by atoms with van der Waals surface area (Å²) in [5.74, 6) is 0. The van der Waals surface area contributed by atoms with E-state index >= 15 is 0 Å². The standard InChI is InChI=1S/C52H35NO/c1-4-12-36(13-5-1)41-22-20-38-21-23-42(33-43(38)32-41)37-24-26-44(27-25-37)53(46-29-31-52-50(35-46)48-18-10-11-19-51(48)54-52)45-28-30-47(39-14-6-2-7-15-39)49(34-45)40-16-8-3-9-17-40/h1-35H/i1D,4D,5D,12D,13D,20D,21D,22D,23D,24D,25D,26D,27D,32D,33D. The Morgan fingerprint density at radius 1 is 0.370 bits per heavy atom. The van der Waals surface area contributed by atoms with Crippen LogP contribution in [0.2, 0.25) is 0 Å². The quantitative estimate of drug-likeness (QED) is 0.164. The fourth-order valence-electron chi connectivity index (χ4n) is 6.70. The first-order valence-corrected chi connectivity index (χ1v) is 17.2. The first-order valence-electron chi connectivity index (χ1n) is 24.7. The van der Waals surface area contributed by atoms with Crippen LogP contribution in [0.4, 0.5) is 17.1 Å². The van der Waals surface area contributed by atoms with E-state index in [2.05, 4.69) is 0 Å². The minimum atomic E-state index is -0.770. The molecule has 9 aromatic carbocycles. The lowest BCUT2D eigenvalue weighted by molar-refractivity contribution is 0.669. The van der Waals surface area contributed by atoms with Crippen LogP contribution in [0.5, 0.6) is 0 Å². The summed E-state index contributed by atoms with van der Waals surface area (Å²) >= 11 is 0. The number of anilines is 3. The van der Waals surface area contributed by atoms with Crippen molar-refractivity contribution in [1.82, 2.24) is 0 Å². The number of furan rings is 1. The van der Waals surface area contributed by atoms with Gasteiger partial charge in [-0.2, -0.15) is 0 Å². The molecule has 1 aromatic heterocycles.